The quantitative estimate of drug-likeness (QED) is 0.456. The first kappa shape index (κ1) is 22.9. The number of nitrogens with zero attached hydrogens (tertiary/aromatic N) is 2. The highest BCUT2D eigenvalue weighted by molar-refractivity contribution is 6.54. The molecule has 1 aliphatic rings. The van der Waals surface area contributed by atoms with Crippen LogP contribution < -0.4 is 15.1 Å². The fourth-order valence-corrected chi connectivity index (χ4v) is 4.00. The molecule has 0 fully saturated rings. The minimum atomic E-state index is -0.704. The summed E-state index contributed by atoms with van der Waals surface area (Å²) in [6.07, 6.45) is 0. The van der Waals surface area contributed by atoms with Crippen LogP contribution in [-0.4, -0.2) is 24.8 Å². The third-order valence-electron chi connectivity index (χ3n) is 5.03. The Hall–Kier alpha value is -3.32. The lowest BCUT2D eigenvalue weighted by atomic mass is 10.1. The van der Waals surface area contributed by atoms with E-state index in [4.69, 9.17) is 34.8 Å². The van der Waals surface area contributed by atoms with Crippen molar-refractivity contribution in [3.63, 3.8) is 0 Å². The monoisotopic (exact) mass is 499 g/mol. The summed E-state index contributed by atoms with van der Waals surface area (Å²) < 4.78 is 0. The fraction of sp³-hybridized carbons (Fsp3) is 0.0417. The second-order valence-corrected chi connectivity index (χ2v) is 8.35. The molecule has 0 unspecified atom stereocenters. The Labute approximate surface area is 205 Å². The van der Waals surface area contributed by atoms with E-state index < -0.39 is 11.8 Å². The van der Waals surface area contributed by atoms with Gasteiger partial charge in [-0.15, -0.1) is 0 Å². The summed E-state index contributed by atoms with van der Waals surface area (Å²) in [5.74, 6) is -1.55. The van der Waals surface area contributed by atoms with Gasteiger partial charge in [-0.2, -0.15) is 0 Å². The molecule has 1 N–H and O–H groups in total. The number of benzene rings is 3. The zero-order valence-corrected chi connectivity index (χ0v) is 19.4. The number of rotatable bonds is 5. The van der Waals surface area contributed by atoms with E-state index in [1.165, 1.54) is 23.1 Å². The third-order valence-corrected chi connectivity index (χ3v) is 5.92. The summed E-state index contributed by atoms with van der Waals surface area (Å²) in [5.41, 5.74) is 1.78. The highest BCUT2D eigenvalue weighted by Gasteiger charge is 2.39. The molecule has 4 rings (SSSR count). The lowest BCUT2D eigenvalue weighted by molar-refractivity contribution is -0.120. The fourth-order valence-electron chi connectivity index (χ4n) is 3.30. The smallest absolute Gasteiger partial charge is 0.283 e. The Kier molecular flexibility index (Phi) is 6.42. The topological polar surface area (TPSA) is 69.7 Å². The minimum absolute atomic E-state index is 0.0897. The normalized spacial score (nSPS) is 13.5. The van der Waals surface area contributed by atoms with Crippen LogP contribution in [0.4, 0.5) is 17.1 Å². The lowest BCUT2D eigenvalue weighted by Gasteiger charge is -2.18. The predicted molar refractivity (Wildman–Crippen MR) is 131 cm³/mol. The van der Waals surface area contributed by atoms with E-state index in [0.717, 1.165) is 10.6 Å². The summed E-state index contributed by atoms with van der Waals surface area (Å²) in [6.45, 7) is 0. The van der Waals surface area contributed by atoms with E-state index in [-0.39, 0.29) is 27.3 Å². The number of amides is 3. The molecular weight excluding hydrogens is 485 g/mol. The number of imide groups is 1. The standard InChI is InChI=1S/C24H16Cl3N3O3/c1-29(17-5-3-2-4-6-17)22(31)14-7-10-16(11-8-14)28-21-20(27)23(32)30(24(21)33)19-12-9-15(25)13-18(19)26/h2-13,28H,1H3. The van der Waals surface area contributed by atoms with Gasteiger partial charge in [0.15, 0.2) is 0 Å². The molecular formula is C24H16Cl3N3O3. The molecule has 0 aromatic heterocycles. The van der Waals surface area contributed by atoms with Crippen molar-refractivity contribution in [2.75, 3.05) is 22.2 Å². The molecule has 0 radical (unpaired) electrons. The summed E-state index contributed by atoms with van der Waals surface area (Å²) in [5, 5.41) is 3.11. The van der Waals surface area contributed by atoms with E-state index >= 15 is 0 Å². The highest BCUT2D eigenvalue weighted by atomic mass is 35.5. The summed E-state index contributed by atoms with van der Waals surface area (Å²) in [4.78, 5) is 40.8. The molecule has 9 heteroatoms. The average Bonchev–Trinajstić information content (AvgIpc) is 3.02. The van der Waals surface area contributed by atoms with Gasteiger partial charge < -0.3 is 10.2 Å². The first-order chi connectivity index (χ1) is 15.8. The van der Waals surface area contributed by atoms with Crippen LogP contribution in [0.1, 0.15) is 10.4 Å². The molecule has 0 bridgehead atoms. The van der Waals surface area contributed by atoms with Gasteiger partial charge in [-0.25, -0.2) is 4.90 Å². The van der Waals surface area contributed by atoms with Gasteiger partial charge in [-0.3, -0.25) is 14.4 Å². The van der Waals surface area contributed by atoms with Crippen molar-refractivity contribution >= 4 is 69.6 Å². The molecule has 1 aliphatic heterocycles. The SMILES string of the molecule is CN(C(=O)c1ccc(NC2=C(Cl)C(=O)N(c3ccc(Cl)cc3Cl)C2=O)cc1)c1ccccc1. The van der Waals surface area contributed by atoms with Gasteiger partial charge in [0.05, 0.1) is 10.7 Å². The number of hydrogen-bond donors (Lipinski definition) is 1. The Morgan fingerprint density at radius 3 is 2.18 bits per heavy atom. The van der Waals surface area contributed by atoms with Crippen molar-refractivity contribution in [2.45, 2.75) is 0 Å². The lowest BCUT2D eigenvalue weighted by Crippen LogP contribution is -2.32. The molecule has 3 amide bonds. The minimum Gasteiger partial charge on any atom is -0.350 e. The van der Waals surface area contributed by atoms with E-state index in [9.17, 15) is 14.4 Å². The van der Waals surface area contributed by atoms with Crippen molar-refractivity contribution in [3.8, 4) is 0 Å². The maximum absolute atomic E-state index is 12.9. The number of carbonyl (C=O) groups is 3. The predicted octanol–water partition coefficient (Wildman–Crippen LogP) is 5.71. The Balaban J connectivity index is 1.52. The Morgan fingerprint density at radius 2 is 1.55 bits per heavy atom. The van der Waals surface area contributed by atoms with Crippen LogP contribution in [0.25, 0.3) is 0 Å². The van der Waals surface area contributed by atoms with Gasteiger partial charge in [0, 0.05) is 29.0 Å². The van der Waals surface area contributed by atoms with Gasteiger partial charge in [0.2, 0.25) is 0 Å². The van der Waals surface area contributed by atoms with Crippen LogP contribution in [0.3, 0.4) is 0 Å². The zero-order chi connectivity index (χ0) is 23.7. The summed E-state index contributed by atoms with van der Waals surface area (Å²) in [6, 6.07) is 20.2. The maximum atomic E-state index is 12.9. The van der Waals surface area contributed by atoms with Crippen molar-refractivity contribution < 1.29 is 14.4 Å². The van der Waals surface area contributed by atoms with Gasteiger partial charge in [0.25, 0.3) is 17.7 Å². The second-order valence-electron chi connectivity index (χ2n) is 7.13. The number of anilines is 3. The van der Waals surface area contributed by atoms with E-state index in [0.29, 0.717) is 16.3 Å². The van der Waals surface area contributed by atoms with Crippen LogP contribution in [-0.2, 0) is 9.59 Å². The van der Waals surface area contributed by atoms with Crippen molar-refractivity contribution in [2.24, 2.45) is 0 Å². The number of hydrogen-bond acceptors (Lipinski definition) is 4. The zero-order valence-electron chi connectivity index (χ0n) is 17.2. The van der Waals surface area contributed by atoms with Gasteiger partial charge in [-0.1, -0.05) is 53.0 Å². The molecule has 0 atom stereocenters. The molecule has 33 heavy (non-hydrogen) atoms. The molecule has 3 aromatic rings. The molecule has 0 saturated heterocycles. The number of nitrogens with one attached hydrogen (secondary N) is 1. The first-order valence-corrected chi connectivity index (χ1v) is 10.8. The molecule has 166 valence electrons. The molecule has 6 nitrogen and oxygen atoms in total. The van der Waals surface area contributed by atoms with Gasteiger partial charge >= 0.3 is 0 Å². The van der Waals surface area contributed by atoms with Crippen LogP contribution in [0.2, 0.25) is 10.0 Å². The van der Waals surface area contributed by atoms with Crippen LogP contribution in [0.5, 0.6) is 0 Å². The highest BCUT2D eigenvalue weighted by Crippen LogP contribution is 2.35. The van der Waals surface area contributed by atoms with Crippen molar-refractivity contribution in [3.05, 3.63) is 99.1 Å². The largest absolute Gasteiger partial charge is 0.350 e. The van der Waals surface area contributed by atoms with Crippen LogP contribution in [0, 0.1) is 0 Å². The van der Waals surface area contributed by atoms with Crippen molar-refractivity contribution in [1.29, 1.82) is 0 Å². The summed E-state index contributed by atoms with van der Waals surface area (Å²) in [7, 11) is 1.69. The molecule has 1 heterocycles. The Bertz CT molecular complexity index is 1290. The van der Waals surface area contributed by atoms with Gasteiger partial charge in [-0.05, 0) is 54.6 Å². The third kappa shape index (κ3) is 4.46. The molecule has 0 aliphatic carbocycles. The second kappa shape index (κ2) is 9.27. The molecule has 3 aromatic carbocycles. The Morgan fingerprint density at radius 1 is 0.879 bits per heavy atom. The first-order valence-electron chi connectivity index (χ1n) is 9.71. The number of para-hydroxylation sites is 1. The number of carbonyl (C=O) groups excluding carboxylic acids is 3. The molecule has 0 saturated carbocycles. The summed E-state index contributed by atoms with van der Waals surface area (Å²) >= 11 is 18.2. The van der Waals surface area contributed by atoms with Gasteiger partial charge in [0.1, 0.15) is 10.7 Å². The van der Waals surface area contributed by atoms with Crippen molar-refractivity contribution in [1.82, 2.24) is 0 Å². The number of halogens is 3. The molecule has 0 spiro atoms. The maximum Gasteiger partial charge on any atom is 0.283 e. The average molecular weight is 501 g/mol. The van der Waals surface area contributed by atoms with E-state index in [1.807, 2.05) is 30.3 Å². The van der Waals surface area contributed by atoms with Crippen LogP contribution in [0.15, 0.2) is 83.5 Å². The van der Waals surface area contributed by atoms with E-state index in [1.54, 1.807) is 31.3 Å². The van der Waals surface area contributed by atoms with Crippen LogP contribution >= 0.6 is 34.8 Å². The van der Waals surface area contributed by atoms with E-state index in [2.05, 4.69) is 5.32 Å².